The molecular weight excluding hydrogens is 281 g/mol. The number of aromatic carboxylic acids is 2. The molecule has 6 nitrogen and oxygen atoms in total. The van der Waals surface area contributed by atoms with Crippen LogP contribution in [0.1, 0.15) is 26.4 Å². The molecule has 0 amide bonds. The van der Waals surface area contributed by atoms with E-state index >= 15 is 0 Å². The molecule has 2 aromatic rings. The number of rotatable bonds is 5. The topological polar surface area (TPSA) is 96.7 Å². The predicted molar refractivity (Wildman–Crippen MR) is 68.9 cm³/mol. The van der Waals surface area contributed by atoms with Gasteiger partial charge in [-0.3, -0.25) is 0 Å². The molecule has 0 saturated heterocycles. The largest absolute Gasteiger partial charge is 0.478 e. The van der Waals surface area contributed by atoms with E-state index in [1.165, 1.54) is 30.3 Å². The van der Waals surface area contributed by atoms with Crippen molar-refractivity contribution in [3.8, 4) is 5.88 Å². The van der Waals surface area contributed by atoms with Crippen molar-refractivity contribution in [3.63, 3.8) is 0 Å². The number of carboxylic acids is 2. The molecule has 0 saturated carbocycles. The summed E-state index contributed by atoms with van der Waals surface area (Å²) in [5.74, 6) is -3.25. The Morgan fingerprint density at radius 2 is 1.71 bits per heavy atom. The van der Waals surface area contributed by atoms with Crippen LogP contribution in [0, 0.1) is 5.82 Å². The Bertz CT molecular complexity index is 684. The second-order valence-corrected chi connectivity index (χ2v) is 4.07. The average molecular weight is 291 g/mol. The van der Waals surface area contributed by atoms with Gasteiger partial charge < -0.3 is 14.9 Å². The molecule has 0 unspecified atom stereocenters. The first-order chi connectivity index (χ1) is 9.97. The molecule has 2 rings (SSSR count). The van der Waals surface area contributed by atoms with E-state index in [1.807, 2.05) is 0 Å². The van der Waals surface area contributed by atoms with Crippen LogP contribution in [0.15, 0.2) is 36.4 Å². The molecule has 2 N–H and O–H groups in total. The number of benzene rings is 1. The number of ether oxygens (including phenoxy) is 1. The first-order valence-electron chi connectivity index (χ1n) is 5.82. The highest BCUT2D eigenvalue weighted by atomic mass is 19.1. The van der Waals surface area contributed by atoms with Crippen molar-refractivity contribution < 1.29 is 28.9 Å². The number of pyridine rings is 1. The lowest BCUT2D eigenvalue weighted by Crippen LogP contribution is -2.11. The van der Waals surface area contributed by atoms with Crippen LogP contribution < -0.4 is 4.74 Å². The second kappa shape index (κ2) is 6.00. The third-order valence-electron chi connectivity index (χ3n) is 2.60. The first kappa shape index (κ1) is 14.4. The summed E-state index contributed by atoms with van der Waals surface area (Å²) in [6, 6.07) is 7.93. The molecular formula is C14H10FNO5. The lowest BCUT2D eigenvalue weighted by molar-refractivity contribution is 0.0645. The van der Waals surface area contributed by atoms with Gasteiger partial charge in [-0.25, -0.2) is 19.0 Å². The molecule has 0 bridgehead atoms. The van der Waals surface area contributed by atoms with Gasteiger partial charge in [0.1, 0.15) is 12.4 Å². The summed E-state index contributed by atoms with van der Waals surface area (Å²) in [5, 5.41) is 17.8. The molecule has 1 heterocycles. The molecule has 0 radical (unpaired) electrons. The number of carboxylic acid groups (broad SMARTS) is 2. The zero-order chi connectivity index (χ0) is 15.4. The van der Waals surface area contributed by atoms with Gasteiger partial charge in [-0.1, -0.05) is 12.1 Å². The van der Waals surface area contributed by atoms with E-state index in [1.54, 1.807) is 0 Å². The zero-order valence-electron chi connectivity index (χ0n) is 10.6. The van der Waals surface area contributed by atoms with Crippen molar-refractivity contribution in [2.45, 2.75) is 6.61 Å². The van der Waals surface area contributed by atoms with Gasteiger partial charge in [0.05, 0.1) is 5.56 Å². The van der Waals surface area contributed by atoms with Crippen LogP contribution in [0.3, 0.4) is 0 Å². The van der Waals surface area contributed by atoms with E-state index < -0.39 is 23.2 Å². The van der Waals surface area contributed by atoms with Crippen LogP contribution >= 0.6 is 0 Å². The Balaban J connectivity index is 2.17. The lowest BCUT2D eigenvalue weighted by atomic mass is 10.2. The molecule has 0 aliphatic heterocycles. The Kier molecular flexibility index (Phi) is 4.13. The molecule has 0 atom stereocenters. The van der Waals surface area contributed by atoms with Crippen LogP contribution in [0.4, 0.5) is 4.39 Å². The van der Waals surface area contributed by atoms with Crippen molar-refractivity contribution in [1.29, 1.82) is 0 Å². The monoisotopic (exact) mass is 291 g/mol. The number of hydrogen-bond acceptors (Lipinski definition) is 4. The zero-order valence-corrected chi connectivity index (χ0v) is 10.6. The van der Waals surface area contributed by atoms with Crippen molar-refractivity contribution in [2.24, 2.45) is 0 Å². The van der Waals surface area contributed by atoms with E-state index in [-0.39, 0.29) is 18.3 Å². The van der Waals surface area contributed by atoms with Crippen LogP contribution in [0.5, 0.6) is 5.88 Å². The number of nitrogens with zero attached hydrogens (tertiary/aromatic N) is 1. The van der Waals surface area contributed by atoms with Gasteiger partial charge in [0.25, 0.3) is 0 Å². The van der Waals surface area contributed by atoms with Gasteiger partial charge in [-0.2, -0.15) is 0 Å². The Hall–Kier alpha value is -2.96. The summed E-state index contributed by atoms with van der Waals surface area (Å²) in [4.78, 5) is 25.5. The van der Waals surface area contributed by atoms with Gasteiger partial charge in [0, 0.05) is 6.07 Å². The van der Waals surface area contributed by atoms with E-state index in [0.717, 1.165) is 6.07 Å². The summed E-state index contributed by atoms with van der Waals surface area (Å²) in [6.07, 6.45) is 0. The Morgan fingerprint density at radius 1 is 1.05 bits per heavy atom. The molecule has 0 aliphatic rings. The molecule has 108 valence electrons. The van der Waals surface area contributed by atoms with E-state index in [0.29, 0.717) is 5.56 Å². The maximum absolute atomic E-state index is 12.7. The highest BCUT2D eigenvalue weighted by Gasteiger charge is 2.18. The molecule has 21 heavy (non-hydrogen) atoms. The van der Waals surface area contributed by atoms with Gasteiger partial charge in [0.2, 0.25) is 5.88 Å². The van der Waals surface area contributed by atoms with Gasteiger partial charge >= 0.3 is 11.9 Å². The van der Waals surface area contributed by atoms with Crippen molar-refractivity contribution >= 4 is 11.9 Å². The first-order valence-corrected chi connectivity index (χ1v) is 5.82. The highest BCUT2D eigenvalue weighted by Crippen LogP contribution is 2.15. The fraction of sp³-hybridized carbons (Fsp3) is 0.0714. The van der Waals surface area contributed by atoms with Crippen LogP contribution in [0.25, 0.3) is 0 Å². The van der Waals surface area contributed by atoms with Crippen molar-refractivity contribution in [1.82, 2.24) is 4.98 Å². The fourth-order valence-corrected chi connectivity index (χ4v) is 1.60. The summed E-state index contributed by atoms with van der Waals surface area (Å²) >= 11 is 0. The van der Waals surface area contributed by atoms with E-state index in [9.17, 15) is 14.0 Å². The molecule has 1 aromatic heterocycles. The lowest BCUT2D eigenvalue weighted by Gasteiger charge is -2.07. The number of aromatic nitrogens is 1. The minimum absolute atomic E-state index is 0.0262. The summed E-state index contributed by atoms with van der Waals surface area (Å²) in [7, 11) is 0. The normalized spacial score (nSPS) is 10.1. The predicted octanol–water partition coefficient (Wildman–Crippen LogP) is 2.20. The smallest absolute Gasteiger partial charge is 0.355 e. The van der Waals surface area contributed by atoms with Crippen LogP contribution in [-0.4, -0.2) is 27.1 Å². The molecule has 0 spiro atoms. The van der Waals surface area contributed by atoms with Crippen molar-refractivity contribution in [3.05, 3.63) is 59.0 Å². The standard InChI is InChI=1S/C14H10FNO5/c15-9-3-1-8(2-4-9)7-21-11-6-5-10(13(17)18)12(16-11)14(19)20/h1-6H,7H2,(H,17,18)(H,19,20). The molecule has 1 aromatic carbocycles. The quantitative estimate of drug-likeness (QED) is 0.876. The van der Waals surface area contributed by atoms with Crippen LogP contribution in [-0.2, 0) is 6.61 Å². The highest BCUT2D eigenvalue weighted by molar-refractivity contribution is 6.00. The van der Waals surface area contributed by atoms with Gasteiger partial charge in [-0.05, 0) is 23.8 Å². The third kappa shape index (κ3) is 3.53. The second-order valence-electron chi connectivity index (χ2n) is 4.07. The number of halogens is 1. The maximum atomic E-state index is 12.7. The maximum Gasteiger partial charge on any atom is 0.355 e. The van der Waals surface area contributed by atoms with Crippen molar-refractivity contribution in [2.75, 3.05) is 0 Å². The summed E-state index contributed by atoms with van der Waals surface area (Å²) in [6.45, 7) is 0.0543. The third-order valence-corrected chi connectivity index (χ3v) is 2.60. The molecule has 7 heteroatoms. The van der Waals surface area contributed by atoms with Gasteiger partial charge in [-0.15, -0.1) is 0 Å². The fourth-order valence-electron chi connectivity index (χ4n) is 1.60. The Labute approximate surface area is 118 Å². The van der Waals surface area contributed by atoms with Crippen LogP contribution in [0.2, 0.25) is 0 Å². The average Bonchev–Trinajstić information content (AvgIpc) is 2.46. The van der Waals surface area contributed by atoms with E-state index in [2.05, 4.69) is 4.98 Å². The summed E-state index contributed by atoms with van der Waals surface area (Å²) < 4.78 is 18.0. The number of carbonyl (C=O) groups is 2. The summed E-state index contributed by atoms with van der Waals surface area (Å²) in [5.41, 5.74) is -0.354. The minimum atomic E-state index is -1.46. The molecule has 0 fully saturated rings. The Morgan fingerprint density at radius 3 is 2.29 bits per heavy atom. The number of hydrogen-bond donors (Lipinski definition) is 2. The van der Waals surface area contributed by atoms with Gasteiger partial charge in [0.15, 0.2) is 5.69 Å². The minimum Gasteiger partial charge on any atom is -0.478 e. The molecule has 0 aliphatic carbocycles. The SMILES string of the molecule is O=C(O)c1ccc(OCc2ccc(F)cc2)nc1C(=O)O. The van der Waals surface area contributed by atoms with E-state index in [4.69, 9.17) is 14.9 Å².